The number of hydrogen-bond acceptors (Lipinski definition) is 5. The molecule has 1 N–H and O–H groups in total. The molecule has 1 amide bonds. The maximum absolute atomic E-state index is 13.1. The van der Waals surface area contributed by atoms with Crippen molar-refractivity contribution in [3.8, 4) is 0 Å². The van der Waals surface area contributed by atoms with Gasteiger partial charge in [0.05, 0.1) is 31.0 Å². The second-order valence-electron chi connectivity index (χ2n) is 5.73. The van der Waals surface area contributed by atoms with E-state index in [0.29, 0.717) is 25.4 Å². The van der Waals surface area contributed by atoms with E-state index in [9.17, 15) is 17.6 Å². The first-order chi connectivity index (χ1) is 11.8. The molecule has 0 spiro atoms. The first kappa shape index (κ1) is 20.1. The average molecular weight is 394 g/mol. The molecule has 1 fully saturated rings. The molecule has 1 aromatic rings. The van der Waals surface area contributed by atoms with Crippen LogP contribution in [0.4, 0.5) is 10.1 Å². The predicted molar refractivity (Wildman–Crippen MR) is 93.7 cm³/mol. The highest BCUT2D eigenvalue weighted by molar-refractivity contribution is 7.88. The zero-order valence-corrected chi connectivity index (χ0v) is 15.4. The van der Waals surface area contributed by atoms with Gasteiger partial charge in [-0.1, -0.05) is 11.6 Å². The molecule has 1 heterocycles. The van der Waals surface area contributed by atoms with Crippen LogP contribution < -0.4 is 5.32 Å². The molecular weight excluding hydrogens is 373 g/mol. The lowest BCUT2D eigenvalue weighted by atomic mass is 10.3. The van der Waals surface area contributed by atoms with Crippen molar-refractivity contribution in [1.29, 1.82) is 0 Å². The van der Waals surface area contributed by atoms with E-state index < -0.39 is 21.7 Å². The van der Waals surface area contributed by atoms with Crippen LogP contribution in [0.25, 0.3) is 0 Å². The van der Waals surface area contributed by atoms with Gasteiger partial charge in [0.15, 0.2) is 0 Å². The molecule has 0 aliphatic carbocycles. The second-order valence-corrected chi connectivity index (χ2v) is 8.12. The maximum Gasteiger partial charge on any atom is 0.239 e. The summed E-state index contributed by atoms with van der Waals surface area (Å²) in [6.07, 6.45) is 1.06. The molecular formula is C15H21ClFN3O4S. The Morgan fingerprint density at radius 2 is 2.08 bits per heavy atom. The highest BCUT2D eigenvalue weighted by atomic mass is 35.5. The van der Waals surface area contributed by atoms with Crippen molar-refractivity contribution in [2.24, 2.45) is 0 Å². The number of rotatable bonds is 7. The molecule has 0 atom stereocenters. The lowest BCUT2D eigenvalue weighted by Gasteiger charge is -2.29. The summed E-state index contributed by atoms with van der Waals surface area (Å²) in [4.78, 5) is 14.2. The SMILES string of the molecule is CS(=O)(=O)N(CCN1CCOCC1)CC(=O)Nc1ccc(F)c(Cl)c1. The fraction of sp³-hybridized carbons (Fsp3) is 0.533. The average Bonchev–Trinajstić information content (AvgIpc) is 2.55. The number of sulfonamides is 1. The largest absolute Gasteiger partial charge is 0.379 e. The Hall–Kier alpha value is -1.26. The number of amides is 1. The molecule has 2 rings (SSSR count). The van der Waals surface area contributed by atoms with E-state index in [1.165, 1.54) is 12.1 Å². The third-order valence-electron chi connectivity index (χ3n) is 3.76. The summed E-state index contributed by atoms with van der Waals surface area (Å²) in [7, 11) is -3.54. The Morgan fingerprint density at radius 1 is 1.40 bits per heavy atom. The molecule has 10 heteroatoms. The molecule has 0 saturated carbocycles. The van der Waals surface area contributed by atoms with Crippen LogP contribution in [0, 0.1) is 5.82 Å². The Morgan fingerprint density at radius 3 is 2.68 bits per heavy atom. The van der Waals surface area contributed by atoms with E-state index in [1.807, 2.05) is 0 Å². The van der Waals surface area contributed by atoms with Gasteiger partial charge in [-0.05, 0) is 18.2 Å². The Bertz CT molecular complexity index is 711. The maximum atomic E-state index is 13.1. The van der Waals surface area contributed by atoms with Crippen LogP contribution in [0.3, 0.4) is 0 Å². The van der Waals surface area contributed by atoms with Gasteiger partial charge >= 0.3 is 0 Å². The van der Waals surface area contributed by atoms with E-state index in [2.05, 4.69) is 10.2 Å². The monoisotopic (exact) mass is 393 g/mol. The number of anilines is 1. The van der Waals surface area contributed by atoms with Crippen LogP contribution >= 0.6 is 11.6 Å². The van der Waals surface area contributed by atoms with Crippen LogP contribution in [0.1, 0.15) is 0 Å². The minimum Gasteiger partial charge on any atom is -0.379 e. The summed E-state index contributed by atoms with van der Waals surface area (Å²) in [5.41, 5.74) is 0.304. The molecule has 140 valence electrons. The lowest BCUT2D eigenvalue weighted by Crippen LogP contribution is -2.45. The van der Waals surface area contributed by atoms with Gasteiger partial charge in [-0.2, -0.15) is 4.31 Å². The van der Waals surface area contributed by atoms with Crippen LogP contribution in [0.2, 0.25) is 5.02 Å². The van der Waals surface area contributed by atoms with E-state index >= 15 is 0 Å². The van der Waals surface area contributed by atoms with Crippen molar-refractivity contribution in [3.63, 3.8) is 0 Å². The fourth-order valence-corrected chi connectivity index (χ4v) is 3.32. The molecule has 0 aromatic heterocycles. The Balaban J connectivity index is 1.93. The predicted octanol–water partition coefficient (Wildman–Crippen LogP) is 1.01. The third kappa shape index (κ3) is 6.52. The standard InChI is InChI=1S/C15H21ClFN3O4S/c1-25(22,23)20(5-4-19-6-8-24-9-7-19)11-15(21)18-12-2-3-14(17)13(16)10-12/h2-3,10H,4-9,11H2,1H3,(H,18,21). The van der Waals surface area contributed by atoms with Gasteiger partial charge in [0.25, 0.3) is 0 Å². The van der Waals surface area contributed by atoms with Gasteiger partial charge in [0.2, 0.25) is 15.9 Å². The van der Waals surface area contributed by atoms with Crippen molar-refractivity contribution in [1.82, 2.24) is 9.21 Å². The van der Waals surface area contributed by atoms with E-state index in [1.54, 1.807) is 0 Å². The van der Waals surface area contributed by atoms with Crippen LogP contribution in [-0.2, 0) is 19.6 Å². The summed E-state index contributed by atoms with van der Waals surface area (Å²) < 4.78 is 43.3. The number of nitrogens with one attached hydrogen (secondary N) is 1. The van der Waals surface area contributed by atoms with Crippen molar-refractivity contribution < 1.29 is 22.3 Å². The van der Waals surface area contributed by atoms with Crippen LogP contribution in [-0.4, -0.2) is 75.7 Å². The quantitative estimate of drug-likeness (QED) is 0.748. The number of halogens is 2. The molecule has 1 aliphatic heterocycles. The van der Waals surface area contributed by atoms with E-state index in [4.69, 9.17) is 16.3 Å². The number of carbonyl (C=O) groups is 1. The van der Waals surface area contributed by atoms with Gasteiger partial charge in [0.1, 0.15) is 5.82 Å². The van der Waals surface area contributed by atoms with Gasteiger partial charge in [-0.25, -0.2) is 12.8 Å². The molecule has 25 heavy (non-hydrogen) atoms. The summed E-state index contributed by atoms with van der Waals surface area (Å²) >= 11 is 5.66. The molecule has 0 radical (unpaired) electrons. The van der Waals surface area contributed by atoms with Crippen LogP contribution in [0.5, 0.6) is 0 Å². The minimum atomic E-state index is -3.54. The van der Waals surface area contributed by atoms with Crippen molar-refractivity contribution in [2.45, 2.75) is 0 Å². The molecule has 1 aromatic carbocycles. The topological polar surface area (TPSA) is 79.0 Å². The highest BCUT2D eigenvalue weighted by Gasteiger charge is 2.22. The third-order valence-corrected chi connectivity index (χ3v) is 5.30. The minimum absolute atomic E-state index is 0.120. The van der Waals surface area contributed by atoms with Crippen molar-refractivity contribution in [2.75, 3.05) is 57.5 Å². The molecule has 1 aliphatic rings. The van der Waals surface area contributed by atoms with Crippen LogP contribution in [0.15, 0.2) is 18.2 Å². The number of benzene rings is 1. The molecule has 7 nitrogen and oxygen atoms in total. The van der Waals surface area contributed by atoms with Gasteiger partial charge in [0, 0.05) is 31.9 Å². The van der Waals surface area contributed by atoms with Crippen molar-refractivity contribution >= 4 is 33.2 Å². The Labute approximate surface area is 151 Å². The first-order valence-corrected chi connectivity index (χ1v) is 9.98. The first-order valence-electron chi connectivity index (χ1n) is 7.76. The smallest absolute Gasteiger partial charge is 0.239 e. The second kappa shape index (κ2) is 8.91. The summed E-state index contributed by atoms with van der Waals surface area (Å²) in [5, 5.41) is 2.40. The van der Waals surface area contributed by atoms with Gasteiger partial charge in [-0.3, -0.25) is 9.69 Å². The highest BCUT2D eigenvalue weighted by Crippen LogP contribution is 2.19. The van der Waals surface area contributed by atoms with Gasteiger partial charge in [-0.15, -0.1) is 0 Å². The summed E-state index contributed by atoms with van der Waals surface area (Å²) in [5.74, 6) is -1.11. The van der Waals surface area contributed by atoms with E-state index in [0.717, 1.165) is 29.7 Å². The summed E-state index contributed by atoms with van der Waals surface area (Å²) in [6, 6.07) is 3.76. The number of carbonyl (C=O) groups excluding carboxylic acids is 1. The zero-order chi connectivity index (χ0) is 18.4. The number of hydrogen-bond donors (Lipinski definition) is 1. The molecule has 0 unspecified atom stereocenters. The number of ether oxygens (including phenoxy) is 1. The van der Waals surface area contributed by atoms with Gasteiger partial charge < -0.3 is 10.1 Å². The van der Waals surface area contributed by atoms with E-state index in [-0.39, 0.29) is 18.1 Å². The lowest BCUT2D eigenvalue weighted by molar-refractivity contribution is -0.116. The van der Waals surface area contributed by atoms with Crippen molar-refractivity contribution in [3.05, 3.63) is 29.0 Å². The normalized spacial score (nSPS) is 16.2. The molecule has 0 bridgehead atoms. The number of nitrogens with zero attached hydrogens (tertiary/aromatic N) is 2. The zero-order valence-electron chi connectivity index (χ0n) is 13.9. The Kier molecular flexibility index (Phi) is 7.14. The summed E-state index contributed by atoms with van der Waals surface area (Å²) in [6.45, 7) is 3.10. The number of morpholine rings is 1. The fourth-order valence-electron chi connectivity index (χ4n) is 2.37. The molecule has 1 saturated heterocycles.